The van der Waals surface area contributed by atoms with Gasteiger partial charge < -0.3 is 10.2 Å². The van der Waals surface area contributed by atoms with Crippen LogP contribution in [0.3, 0.4) is 0 Å². The first-order valence-electron chi connectivity index (χ1n) is 9.47. The van der Waals surface area contributed by atoms with E-state index in [0.29, 0.717) is 43.5 Å². The third-order valence-corrected chi connectivity index (χ3v) is 6.72. The molecule has 1 atom stereocenters. The van der Waals surface area contributed by atoms with Crippen LogP contribution in [-0.4, -0.2) is 57.4 Å². The number of rotatable bonds is 8. The Bertz CT molecular complexity index is 669. The van der Waals surface area contributed by atoms with Crippen molar-refractivity contribution < 1.29 is 18.1 Å². The lowest BCUT2D eigenvalue weighted by molar-refractivity contribution is -0.895. The summed E-state index contributed by atoms with van der Waals surface area (Å²) < 4.78 is 26.8. The van der Waals surface area contributed by atoms with E-state index < -0.39 is 10.0 Å². The van der Waals surface area contributed by atoms with E-state index in [-0.39, 0.29) is 11.9 Å². The highest BCUT2D eigenvalue weighted by molar-refractivity contribution is 7.89. The maximum Gasteiger partial charge on any atom is 0.275 e. The van der Waals surface area contributed by atoms with Gasteiger partial charge in [0.05, 0.1) is 31.1 Å². The molecule has 1 fully saturated rings. The molecule has 0 spiro atoms. The van der Waals surface area contributed by atoms with Crippen molar-refractivity contribution in [1.82, 2.24) is 9.62 Å². The van der Waals surface area contributed by atoms with E-state index in [1.807, 2.05) is 13.0 Å². The molecule has 0 aromatic heterocycles. The molecule has 2 N–H and O–H groups in total. The molecule has 1 amide bonds. The van der Waals surface area contributed by atoms with Crippen molar-refractivity contribution in [3.8, 4) is 0 Å². The number of nitrogens with one attached hydrogen (secondary N) is 2. The number of quaternary nitrogens is 1. The van der Waals surface area contributed by atoms with Gasteiger partial charge in [-0.05, 0) is 37.8 Å². The molecule has 0 bridgehead atoms. The van der Waals surface area contributed by atoms with E-state index >= 15 is 0 Å². The van der Waals surface area contributed by atoms with Crippen molar-refractivity contribution in [1.29, 1.82) is 0 Å². The second-order valence-electron chi connectivity index (χ2n) is 7.58. The van der Waals surface area contributed by atoms with Gasteiger partial charge in [-0.3, -0.25) is 4.79 Å². The number of hydrogen-bond donors (Lipinski definition) is 2. The topological polar surface area (TPSA) is 70.9 Å². The highest BCUT2D eigenvalue weighted by atomic mass is 32.2. The van der Waals surface area contributed by atoms with Crippen LogP contribution >= 0.6 is 0 Å². The number of carbonyl (C=O) groups is 1. The monoisotopic (exact) mass is 382 g/mol. The summed E-state index contributed by atoms with van der Waals surface area (Å²) in [5.41, 5.74) is 0. The van der Waals surface area contributed by atoms with Crippen molar-refractivity contribution in [3.63, 3.8) is 0 Å². The van der Waals surface area contributed by atoms with E-state index in [4.69, 9.17) is 0 Å². The molecule has 0 aliphatic carbocycles. The number of carbonyl (C=O) groups excluding carboxylic acids is 1. The van der Waals surface area contributed by atoms with Crippen LogP contribution in [0.5, 0.6) is 0 Å². The van der Waals surface area contributed by atoms with Gasteiger partial charge in [-0.15, -0.1) is 0 Å². The van der Waals surface area contributed by atoms with Crippen LogP contribution in [0.1, 0.15) is 33.6 Å². The Hall–Kier alpha value is -1.44. The van der Waals surface area contributed by atoms with Crippen LogP contribution in [0.4, 0.5) is 0 Å². The van der Waals surface area contributed by atoms with Gasteiger partial charge in [0, 0.05) is 6.04 Å². The molecule has 146 valence electrons. The maximum atomic E-state index is 12.6. The van der Waals surface area contributed by atoms with Gasteiger partial charge in [-0.25, -0.2) is 8.42 Å². The third kappa shape index (κ3) is 6.07. The smallest absolute Gasteiger partial charge is 0.275 e. The fourth-order valence-corrected chi connectivity index (χ4v) is 4.63. The molecule has 1 aromatic rings. The molecule has 0 unspecified atom stereocenters. The van der Waals surface area contributed by atoms with Crippen LogP contribution < -0.4 is 10.2 Å². The van der Waals surface area contributed by atoms with E-state index in [1.54, 1.807) is 24.3 Å². The summed E-state index contributed by atoms with van der Waals surface area (Å²) in [6.45, 7) is 9.01. The maximum absolute atomic E-state index is 12.6. The summed E-state index contributed by atoms with van der Waals surface area (Å²) in [4.78, 5) is 13.7. The number of piperazine rings is 1. The van der Waals surface area contributed by atoms with Crippen LogP contribution in [0.2, 0.25) is 0 Å². The lowest BCUT2D eigenvalue weighted by atomic mass is 10.0. The first-order valence-corrected chi connectivity index (χ1v) is 10.9. The molecule has 1 aliphatic rings. The second-order valence-corrected chi connectivity index (χ2v) is 9.52. The Kier molecular flexibility index (Phi) is 7.61. The molecule has 1 saturated heterocycles. The van der Waals surface area contributed by atoms with E-state index in [9.17, 15) is 13.2 Å². The van der Waals surface area contributed by atoms with Gasteiger partial charge in [0.25, 0.3) is 5.91 Å². The Morgan fingerprint density at radius 2 is 1.73 bits per heavy atom. The van der Waals surface area contributed by atoms with E-state index in [2.05, 4.69) is 19.2 Å². The average Bonchev–Trinajstić information content (AvgIpc) is 2.61. The van der Waals surface area contributed by atoms with Gasteiger partial charge in [0.2, 0.25) is 10.0 Å². The normalized spacial score (nSPS) is 18.0. The van der Waals surface area contributed by atoms with E-state index in [1.165, 1.54) is 4.31 Å². The summed E-state index contributed by atoms with van der Waals surface area (Å²) >= 11 is 0. The zero-order chi connectivity index (χ0) is 19.2. The van der Waals surface area contributed by atoms with Gasteiger partial charge in [-0.2, -0.15) is 4.31 Å². The Labute approximate surface area is 157 Å². The third-order valence-electron chi connectivity index (χ3n) is 4.81. The molecule has 0 saturated carbocycles. The zero-order valence-electron chi connectivity index (χ0n) is 16.1. The lowest BCUT2D eigenvalue weighted by Crippen LogP contribution is -3.15. The summed E-state index contributed by atoms with van der Waals surface area (Å²) in [5, 5.41) is 3.06. The SMILES string of the molecule is CC(C)CC[C@@H](C)NC(=O)C[NH+]1CCN(S(=O)(=O)c2ccccc2)CC1. The predicted molar refractivity (Wildman–Crippen MR) is 102 cm³/mol. The standard InChI is InChI=1S/C19H31N3O3S/c1-16(2)9-10-17(3)20-19(23)15-21-11-13-22(14-12-21)26(24,25)18-7-5-4-6-8-18/h4-8,16-17H,9-15H2,1-3H3,(H,20,23)/p+1/t17-/m1/s1. The number of amides is 1. The fraction of sp³-hybridized carbons (Fsp3) is 0.632. The Morgan fingerprint density at radius 3 is 2.31 bits per heavy atom. The van der Waals surface area contributed by atoms with Crippen LogP contribution in [-0.2, 0) is 14.8 Å². The molecule has 1 aliphatic heterocycles. The quantitative estimate of drug-likeness (QED) is 0.689. The summed E-state index contributed by atoms with van der Waals surface area (Å²) in [7, 11) is -3.43. The summed E-state index contributed by atoms with van der Waals surface area (Å²) in [5.74, 6) is 0.690. The largest absolute Gasteiger partial charge is 0.349 e. The van der Waals surface area contributed by atoms with Crippen molar-refractivity contribution >= 4 is 15.9 Å². The van der Waals surface area contributed by atoms with Gasteiger partial charge in [-0.1, -0.05) is 32.0 Å². The Morgan fingerprint density at radius 1 is 1.12 bits per heavy atom. The lowest BCUT2D eigenvalue weighted by Gasteiger charge is -2.31. The molecule has 6 nitrogen and oxygen atoms in total. The molecular weight excluding hydrogens is 350 g/mol. The number of sulfonamides is 1. The highest BCUT2D eigenvalue weighted by Crippen LogP contribution is 2.14. The Balaban J connectivity index is 1.79. The molecule has 1 aromatic carbocycles. The van der Waals surface area contributed by atoms with Crippen LogP contribution in [0, 0.1) is 5.92 Å². The van der Waals surface area contributed by atoms with Gasteiger partial charge >= 0.3 is 0 Å². The van der Waals surface area contributed by atoms with Crippen molar-refractivity contribution in [2.45, 2.75) is 44.6 Å². The molecule has 0 radical (unpaired) electrons. The summed E-state index contributed by atoms with van der Waals surface area (Å²) in [6.07, 6.45) is 2.09. The first-order chi connectivity index (χ1) is 12.3. The van der Waals surface area contributed by atoms with Crippen molar-refractivity contribution in [2.24, 2.45) is 5.92 Å². The fourth-order valence-electron chi connectivity index (χ4n) is 3.17. The number of benzene rings is 1. The predicted octanol–water partition coefficient (Wildman–Crippen LogP) is 0.517. The van der Waals surface area contributed by atoms with E-state index in [0.717, 1.165) is 17.7 Å². The molecule has 2 rings (SSSR count). The van der Waals surface area contributed by atoms with Crippen LogP contribution in [0.25, 0.3) is 0 Å². The average molecular weight is 383 g/mol. The van der Waals surface area contributed by atoms with Gasteiger partial charge in [0.1, 0.15) is 0 Å². The molecule has 7 heteroatoms. The molecule has 26 heavy (non-hydrogen) atoms. The molecule has 1 heterocycles. The minimum absolute atomic E-state index is 0.0515. The molecular formula is C19H32N3O3S+. The second kappa shape index (κ2) is 9.48. The summed E-state index contributed by atoms with van der Waals surface area (Å²) in [6, 6.07) is 8.71. The minimum Gasteiger partial charge on any atom is -0.349 e. The number of hydrogen-bond acceptors (Lipinski definition) is 3. The van der Waals surface area contributed by atoms with Crippen molar-refractivity contribution in [3.05, 3.63) is 30.3 Å². The highest BCUT2D eigenvalue weighted by Gasteiger charge is 2.31. The zero-order valence-corrected chi connectivity index (χ0v) is 16.9. The minimum atomic E-state index is -3.43. The van der Waals surface area contributed by atoms with Gasteiger partial charge in [0.15, 0.2) is 6.54 Å². The first kappa shape index (κ1) is 20.9. The number of nitrogens with zero attached hydrogens (tertiary/aromatic N) is 1. The van der Waals surface area contributed by atoms with Crippen molar-refractivity contribution in [2.75, 3.05) is 32.7 Å². The van der Waals surface area contributed by atoms with Crippen LogP contribution in [0.15, 0.2) is 35.2 Å².